The van der Waals surface area contributed by atoms with Crippen LogP contribution >= 0.6 is 0 Å². The number of benzene rings is 1. The maximum atomic E-state index is 14.2. The summed E-state index contributed by atoms with van der Waals surface area (Å²) in [6, 6.07) is 3.73. The molecule has 0 bridgehead atoms. The molecule has 25 heavy (non-hydrogen) atoms. The molecule has 0 spiro atoms. The number of amides is 2. The molecule has 7 nitrogen and oxygen atoms in total. The topological polar surface area (TPSA) is 72.3 Å². The van der Waals surface area contributed by atoms with E-state index in [0.29, 0.717) is 17.9 Å². The van der Waals surface area contributed by atoms with E-state index in [1.54, 1.807) is 30.3 Å². The smallest absolute Gasteiger partial charge is 0.318 e. The molecular weight excluding hydrogens is 325 g/mol. The van der Waals surface area contributed by atoms with E-state index in [4.69, 9.17) is 4.74 Å². The van der Waals surface area contributed by atoms with Gasteiger partial charge in [0.05, 0.1) is 24.8 Å². The third kappa shape index (κ3) is 3.29. The molecule has 1 N–H and O–H groups in total. The third-order valence-electron chi connectivity index (χ3n) is 4.56. The first-order valence-electron chi connectivity index (χ1n) is 8.26. The number of urea groups is 1. The summed E-state index contributed by atoms with van der Waals surface area (Å²) in [5.74, 6) is 0.765. The highest BCUT2D eigenvalue weighted by Gasteiger charge is 2.34. The summed E-state index contributed by atoms with van der Waals surface area (Å²) in [6.07, 6.45) is 3.34. The molecule has 0 saturated carbocycles. The number of hydrogen-bond acceptors (Lipinski definition) is 4. The van der Waals surface area contributed by atoms with Crippen molar-refractivity contribution in [3.05, 3.63) is 41.7 Å². The maximum Gasteiger partial charge on any atom is 0.318 e. The zero-order valence-electron chi connectivity index (χ0n) is 14.6. The zero-order chi connectivity index (χ0) is 18.0. The predicted molar refractivity (Wildman–Crippen MR) is 89.6 cm³/mol. The van der Waals surface area contributed by atoms with Gasteiger partial charge in [-0.1, -0.05) is 6.07 Å². The second-order valence-electron chi connectivity index (χ2n) is 6.18. The predicted octanol–water partition coefficient (Wildman–Crippen LogP) is 2.57. The number of ether oxygens (including phenoxy) is 1. The fourth-order valence-electron chi connectivity index (χ4n) is 3.33. The fraction of sp³-hybridized carbons (Fsp3) is 0.471. The molecule has 0 radical (unpaired) electrons. The summed E-state index contributed by atoms with van der Waals surface area (Å²) in [4.78, 5) is 14.5. The van der Waals surface area contributed by atoms with Gasteiger partial charge in [0.15, 0.2) is 5.82 Å². The van der Waals surface area contributed by atoms with Gasteiger partial charge in [0.25, 0.3) is 0 Å². The molecule has 134 valence electrons. The Hall–Kier alpha value is -2.64. The zero-order valence-corrected chi connectivity index (χ0v) is 14.6. The van der Waals surface area contributed by atoms with E-state index >= 15 is 0 Å². The lowest BCUT2D eigenvalue weighted by Crippen LogP contribution is -2.41. The van der Waals surface area contributed by atoms with Gasteiger partial charge in [0.2, 0.25) is 0 Å². The number of methoxy groups -OCH3 is 1. The Kier molecular flexibility index (Phi) is 4.87. The fourth-order valence-corrected chi connectivity index (χ4v) is 3.33. The highest BCUT2D eigenvalue weighted by Crippen LogP contribution is 2.32. The van der Waals surface area contributed by atoms with Crippen LogP contribution < -0.4 is 10.1 Å². The number of aryl methyl sites for hydroxylation is 1. The molecule has 1 aromatic carbocycles. The Morgan fingerprint density at radius 3 is 2.96 bits per heavy atom. The number of nitrogens with zero attached hydrogens (tertiary/aromatic N) is 4. The summed E-state index contributed by atoms with van der Waals surface area (Å²) < 4.78 is 21.2. The lowest BCUT2D eigenvalue weighted by Gasteiger charge is -2.26. The minimum atomic E-state index is -0.524. The van der Waals surface area contributed by atoms with Crippen LogP contribution in [0.2, 0.25) is 0 Å². The number of nitrogens with one attached hydrogen (secondary N) is 1. The maximum absolute atomic E-state index is 14.2. The second kappa shape index (κ2) is 7.08. The van der Waals surface area contributed by atoms with E-state index in [9.17, 15) is 9.18 Å². The minimum Gasteiger partial charge on any atom is -0.496 e. The molecule has 2 atom stereocenters. The number of aromatic nitrogens is 3. The average Bonchev–Trinajstić information content (AvgIpc) is 3.22. The van der Waals surface area contributed by atoms with Crippen molar-refractivity contribution in [1.29, 1.82) is 0 Å². The van der Waals surface area contributed by atoms with Crippen molar-refractivity contribution in [3.63, 3.8) is 0 Å². The normalized spacial score (nSPS) is 18.2. The van der Waals surface area contributed by atoms with Gasteiger partial charge >= 0.3 is 6.03 Å². The SMILES string of the molecule is COc1cccc(F)c1C(C)NC(=O)N1CCCC1c1nncn1C. The lowest BCUT2D eigenvalue weighted by atomic mass is 10.1. The quantitative estimate of drug-likeness (QED) is 0.923. The monoisotopic (exact) mass is 347 g/mol. The summed E-state index contributed by atoms with van der Waals surface area (Å²) in [6.45, 7) is 2.37. The summed E-state index contributed by atoms with van der Waals surface area (Å²) in [5.41, 5.74) is 0.341. The number of rotatable bonds is 4. The number of halogens is 1. The molecule has 3 rings (SSSR count). The van der Waals surface area contributed by atoms with Crippen LogP contribution in [0.25, 0.3) is 0 Å². The Labute approximate surface area is 145 Å². The number of hydrogen-bond donors (Lipinski definition) is 1. The summed E-state index contributed by atoms with van der Waals surface area (Å²) in [5, 5.41) is 10.9. The van der Waals surface area contributed by atoms with Crippen molar-refractivity contribution >= 4 is 6.03 Å². The van der Waals surface area contributed by atoms with Crippen molar-refractivity contribution in [1.82, 2.24) is 25.0 Å². The molecule has 8 heteroatoms. The molecule has 1 aliphatic heterocycles. The van der Waals surface area contributed by atoms with Crippen molar-refractivity contribution in [3.8, 4) is 5.75 Å². The Morgan fingerprint density at radius 2 is 2.28 bits per heavy atom. The third-order valence-corrected chi connectivity index (χ3v) is 4.56. The molecule has 1 fully saturated rings. The van der Waals surface area contributed by atoms with Crippen molar-refractivity contribution in [2.75, 3.05) is 13.7 Å². The summed E-state index contributed by atoms with van der Waals surface area (Å²) in [7, 11) is 3.34. The molecule has 2 amide bonds. The van der Waals surface area contributed by atoms with Crippen LogP contribution in [0, 0.1) is 5.82 Å². The van der Waals surface area contributed by atoms with Gasteiger partial charge in [-0.3, -0.25) is 0 Å². The van der Waals surface area contributed by atoms with Gasteiger partial charge in [-0.2, -0.15) is 0 Å². The van der Waals surface area contributed by atoms with Gasteiger partial charge in [0.1, 0.15) is 17.9 Å². The molecule has 1 aliphatic rings. The first-order chi connectivity index (χ1) is 12.0. The molecule has 2 aromatic rings. The highest BCUT2D eigenvalue weighted by atomic mass is 19.1. The van der Waals surface area contributed by atoms with Crippen molar-refractivity contribution in [2.45, 2.75) is 31.8 Å². The van der Waals surface area contributed by atoms with E-state index in [1.165, 1.54) is 13.2 Å². The standard InChI is InChI=1S/C17H22FN5O2/c1-11(15-12(18)6-4-8-14(15)25-3)20-17(24)23-9-5-7-13(23)16-21-19-10-22(16)2/h4,6,8,10-11,13H,5,7,9H2,1-3H3,(H,20,24). The van der Waals surface area contributed by atoms with Crippen LogP contribution in [0.4, 0.5) is 9.18 Å². The van der Waals surface area contributed by atoms with Crippen LogP contribution in [-0.4, -0.2) is 39.4 Å². The highest BCUT2D eigenvalue weighted by molar-refractivity contribution is 5.75. The largest absolute Gasteiger partial charge is 0.496 e. The number of carbonyl (C=O) groups excluding carboxylic acids is 1. The minimum absolute atomic E-state index is 0.123. The molecular formula is C17H22FN5O2. The molecule has 1 aromatic heterocycles. The number of carbonyl (C=O) groups is 1. The second-order valence-corrected chi connectivity index (χ2v) is 6.18. The van der Waals surface area contributed by atoms with Crippen LogP contribution in [0.1, 0.15) is 43.2 Å². The van der Waals surface area contributed by atoms with E-state index in [2.05, 4.69) is 15.5 Å². The molecule has 0 aliphatic carbocycles. The van der Waals surface area contributed by atoms with Crippen molar-refractivity contribution in [2.24, 2.45) is 7.05 Å². The van der Waals surface area contributed by atoms with E-state index in [-0.39, 0.29) is 12.1 Å². The first kappa shape index (κ1) is 17.2. The van der Waals surface area contributed by atoms with Gasteiger partial charge in [-0.05, 0) is 31.9 Å². The number of likely N-dealkylation sites (tertiary alicyclic amines) is 1. The molecule has 2 heterocycles. The van der Waals surface area contributed by atoms with Crippen LogP contribution in [0.3, 0.4) is 0 Å². The first-order valence-corrected chi connectivity index (χ1v) is 8.26. The average molecular weight is 347 g/mol. The van der Waals surface area contributed by atoms with Gasteiger partial charge in [-0.25, -0.2) is 9.18 Å². The van der Waals surface area contributed by atoms with E-state index < -0.39 is 11.9 Å². The summed E-state index contributed by atoms with van der Waals surface area (Å²) >= 11 is 0. The van der Waals surface area contributed by atoms with Crippen LogP contribution in [0.15, 0.2) is 24.5 Å². The molecule has 2 unspecified atom stereocenters. The van der Waals surface area contributed by atoms with Gasteiger partial charge < -0.3 is 19.5 Å². The van der Waals surface area contributed by atoms with E-state index in [1.807, 2.05) is 11.6 Å². The Morgan fingerprint density at radius 1 is 1.48 bits per heavy atom. The van der Waals surface area contributed by atoms with Gasteiger partial charge in [-0.15, -0.1) is 10.2 Å². The van der Waals surface area contributed by atoms with Crippen LogP contribution in [-0.2, 0) is 7.05 Å². The Bertz CT molecular complexity index is 763. The Balaban J connectivity index is 1.77. The van der Waals surface area contributed by atoms with Gasteiger partial charge in [0, 0.05) is 13.6 Å². The molecule has 1 saturated heterocycles. The van der Waals surface area contributed by atoms with Crippen LogP contribution in [0.5, 0.6) is 5.75 Å². The lowest BCUT2D eigenvalue weighted by molar-refractivity contribution is 0.186. The van der Waals surface area contributed by atoms with Crippen molar-refractivity contribution < 1.29 is 13.9 Å². The van der Waals surface area contributed by atoms with E-state index in [0.717, 1.165) is 18.7 Å².